The molecule has 1 aliphatic carbocycles. The third-order valence-corrected chi connectivity index (χ3v) is 3.88. The number of hydrogen-bond donors (Lipinski definition) is 1. The van der Waals surface area contributed by atoms with Crippen LogP contribution in [0, 0.1) is 0 Å². The number of pyridine rings is 1. The van der Waals surface area contributed by atoms with Crippen molar-refractivity contribution in [3.05, 3.63) is 84.2 Å². The highest BCUT2D eigenvalue weighted by Gasteiger charge is 2.38. The second-order valence-corrected chi connectivity index (χ2v) is 5.08. The van der Waals surface area contributed by atoms with Gasteiger partial charge < -0.3 is 5.11 Å². The molecule has 0 amide bonds. The van der Waals surface area contributed by atoms with Crippen LogP contribution in [0.25, 0.3) is 5.57 Å². The monoisotopic (exact) mass is 277 g/mol. The molecule has 3 heteroatoms. The second kappa shape index (κ2) is 5.37. The quantitative estimate of drug-likeness (QED) is 0.934. The summed E-state index contributed by atoms with van der Waals surface area (Å²) in [6.45, 7) is 0. The van der Waals surface area contributed by atoms with Crippen LogP contribution in [-0.4, -0.2) is 16.1 Å². The normalized spacial score (nSPS) is 20.9. The first-order valence-corrected chi connectivity index (χ1v) is 6.81. The van der Waals surface area contributed by atoms with E-state index >= 15 is 0 Å². The van der Waals surface area contributed by atoms with Gasteiger partial charge in [0.25, 0.3) is 0 Å². The van der Waals surface area contributed by atoms with E-state index in [-0.39, 0.29) is 0 Å². The number of benzene rings is 1. The molecule has 0 radical (unpaired) electrons. The van der Waals surface area contributed by atoms with E-state index in [9.17, 15) is 9.90 Å². The summed E-state index contributed by atoms with van der Waals surface area (Å²) in [4.78, 5) is 15.8. The summed E-state index contributed by atoms with van der Waals surface area (Å²) in [6, 6.07) is 13.5. The Labute approximate surface area is 123 Å². The number of hydrogen-bond acceptors (Lipinski definition) is 2. The summed E-state index contributed by atoms with van der Waals surface area (Å²) in [5, 5.41) is 9.70. The van der Waals surface area contributed by atoms with Gasteiger partial charge in [0, 0.05) is 12.4 Å². The van der Waals surface area contributed by atoms with Gasteiger partial charge in [0.05, 0.1) is 0 Å². The molecule has 1 aromatic carbocycles. The number of carboxylic acid groups (broad SMARTS) is 1. The molecule has 1 aliphatic rings. The topological polar surface area (TPSA) is 50.2 Å². The summed E-state index contributed by atoms with van der Waals surface area (Å²) in [5.41, 5.74) is 1.91. The molecule has 1 unspecified atom stereocenters. The van der Waals surface area contributed by atoms with Crippen molar-refractivity contribution >= 4 is 11.5 Å². The summed E-state index contributed by atoms with van der Waals surface area (Å²) >= 11 is 0. The number of aliphatic carboxylic acids is 1. The SMILES string of the molecule is O=C(O)C1(c2ccncc2)C=CC(c2ccccc2)=CC1. The minimum Gasteiger partial charge on any atom is -0.480 e. The van der Waals surface area contributed by atoms with Crippen molar-refractivity contribution in [2.45, 2.75) is 11.8 Å². The number of allylic oxidation sites excluding steroid dienone is 3. The highest BCUT2D eigenvalue weighted by atomic mass is 16.4. The van der Waals surface area contributed by atoms with Crippen molar-refractivity contribution in [2.75, 3.05) is 0 Å². The van der Waals surface area contributed by atoms with Gasteiger partial charge in [-0.25, -0.2) is 0 Å². The molecule has 1 N–H and O–H groups in total. The number of carbonyl (C=O) groups is 1. The fraction of sp³-hybridized carbons (Fsp3) is 0.111. The third kappa shape index (κ3) is 2.38. The van der Waals surface area contributed by atoms with Crippen LogP contribution in [-0.2, 0) is 10.2 Å². The second-order valence-electron chi connectivity index (χ2n) is 5.08. The van der Waals surface area contributed by atoms with E-state index in [0.29, 0.717) is 6.42 Å². The molecule has 0 aliphatic heterocycles. The third-order valence-electron chi connectivity index (χ3n) is 3.88. The fourth-order valence-electron chi connectivity index (χ4n) is 2.63. The van der Waals surface area contributed by atoms with E-state index in [2.05, 4.69) is 4.98 Å². The number of rotatable bonds is 3. The molecular weight excluding hydrogens is 262 g/mol. The first-order chi connectivity index (χ1) is 10.2. The zero-order chi connectivity index (χ0) is 14.7. The van der Waals surface area contributed by atoms with Gasteiger partial charge in [-0.15, -0.1) is 0 Å². The molecule has 1 aromatic heterocycles. The van der Waals surface area contributed by atoms with Crippen LogP contribution < -0.4 is 0 Å². The Hall–Kier alpha value is -2.68. The first-order valence-electron chi connectivity index (χ1n) is 6.81. The molecular formula is C18H15NO2. The Kier molecular flexibility index (Phi) is 3.40. The lowest BCUT2D eigenvalue weighted by molar-refractivity contribution is -0.141. The van der Waals surface area contributed by atoms with Gasteiger partial charge in [-0.2, -0.15) is 0 Å². The molecule has 1 atom stereocenters. The summed E-state index contributed by atoms with van der Waals surface area (Å²) in [7, 11) is 0. The van der Waals surface area contributed by atoms with Gasteiger partial charge in [-0.1, -0.05) is 48.6 Å². The first kappa shape index (κ1) is 13.3. The Morgan fingerprint density at radius 2 is 1.81 bits per heavy atom. The van der Waals surface area contributed by atoms with Crippen LogP contribution in [0.1, 0.15) is 17.5 Å². The molecule has 3 nitrogen and oxygen atoms in total. The van der Waals surface area contributed by atoms with E-state index in [4.69, 9.17) is 0 Å². The Morgan fingerprint density at radius 1 is 1.10 bits per heavy atom. The van der Waals surface area contributed by atoms with Gasteiger partial charge in [0.1, 0.15) is 5.41 Å². The lowest BCUT2D eigenvalue weighted by Crippen LogP contribution is -2.34. The van der Waals surface area contributed by atoms with E-state index in [1.165, 1.54) is 0 Å². The van der Waals surface area contributed by atoms with E-state index in [1.807, 2.05) is 42.5 Å². The molecule has 0 spiro atoms. The Bertz CT molecular complexity index is 705. The lowest BCUT2D eigenvalue weighted by atomic mass is 9.74. The van der Waals surface area contributed by atoms with E-state index in [0.717, 1.165) is 16.7 Å². The molecule has 0 saturated heterocycles. The fourth-order valence-corrected chi connectivity index (χ4v) is 2.63. The molecule has 3 rings (SSSR count). The van der Waals surface area contributed by atoms with Crippen molar-refractivity contribution in [3.63, 3.8) is 0 Å². The largest absolute Gasteiger partial charge is 0.480 e. The molecule has 104 valence electrons. The van der Waals surface area contributed by atoms with E-state index < -0.39 is 11.4 Å². The maximum Gasteiger partial charge on any atom is 0.318 e. The van der Waals surface area contributed by atoms with Crippen molar-refractivity contribution in [1.29, 1.82) is 0 Å². The summed E-state index contributed by atoms with van der Waals surface area (Å²) in [6.07, 6.45) is 9.37. The van der Waals surface area contributed by atoms with Crippen LogP contribution >= 0.6 is 0 Å². The van der Waals surface area contributed by atoms with Crippen LogP contribution in [0.4, 0.5) is 0 Å². The predicted molar refractivity (Wildman–Crippen MR) is 81.7 cm³/mol. The standard InChI is InChI=1S/C18H15NO2/c20-17(21)18(16-8-12-19-13-9-16)10-6-15(7-11-18)14-4-2-1-3-5-14/h1-10,12-13H,11H2,(H,20,21). The van der Waals surface area contributed by atoms with Crippen LogP contribution in [0.5, 0.6) is 0 Å². The van der Waals surface area contributed by atoms with Crippen molar-refractivity contribution < 1.29 is 9.90 Å². The maximum atomic E-state index is 11.8. The molecule has 0 fully saturated rings. The summed E-state index contributed by atoms with van der Waals surface area (Å²) < 4.78 is 0. The van der Waals surface area contributed by atoms with Gasteiger partial charge in [0.2, 0.25) is 0 Å². The van der Waals surface area contributed by atoms with Gasteiger partial charge >= 0.3 is 5.97 Å². The van der Waals surface area contributed by atoms with Crippen molar-refractivity contribution in [2.24, 2.45) is 0 Å². The van der Waals surface area contributed by atoms with Gasteiger partial charge in [0.15, 0.2) is 0 Å². The van der Waals surface area contributed by atoms with Gasteiger partial charge in [-0.05, 0) is 35.3 Å². The zero-order valence-corrected chi connectivity index (χ0v) is 11.4. The average molecular weight is 277 g/mol. The molecule has 0 bridgehead atoms. The van der Waals surface area contributed by atoms with Crippen molar-refractivity contribution in [1.82, 2.24) is 4.98 Å². The molecule has 2 aromatic rings. The number of nitrogens with zero attached hydrogens (tertiary/aromatic N) is 1. The maximum absolute atomic E-state index is 11.8. The Balaban J connectivity index is 1.97. The zero-order valence-electron chi connectivity index (χ0n) is 11.4. The van der Waals surface area contributed by atoms with Crippen LogP contribution in [0.2, 0.25) is 0 Å². The van der Waals surface area contributed by atoms with Crippen molar-refractivity contribution in [3.8, 4) is 0 Å². The average Bonchev–Trinajstić information content (AvgIpc) is 2.56. The van der Waals surface area contributed by atoms with Crippen LogP contribution in [0.15, 0.2) is 73.1 Å². The highest BCUT2D eigenvalue weighted by Crippen LogP contribution is 2.36. The molecule has 0 saturated carbocycles. The smallest absolute Gasteiger partial charge is 0.318 e. The lowest BCUT2D eigenvalue weighted by Gasteiger charge is -2.28. The van der Waals surface area contributed by atoms with E-state index in [1.54, 1.807) is 30.6 Å². The summed E-state index contributed by atoms with van der Waals surface area (Å²) in [5.74, 6) is -0.840. The van der Waals surface area contributed by atoms with Crippen LogP contribution in [0.3, 0.4) is 0 Å². The Morgan fingerprint density at radius 3 is 2.38 bits per heavy atom. The highest BCUT2D eigenvalue weighted by molar-refractivity contribution is 5.88. The molecule has 21 heavy (non-hydrogen) atoms. The number of carboxylic acids is 1. The minimum absolute atomic E-state index is 0.438. The predicted octanol–water partition coefficient (Wildman–Crippen LogP) is 3.45. The number of aromatic nitrogens is 1. The molecule has 1 heterocycles. The van der Waals surface area contributed by atoms with Gasteiger partial charge in [-0.3, -0.25) is 9.78 Å². The minimum atomic E-state index is -0.999.